The van der Waals surface area contributed by atoms with Gasteiger partial charge in [0.1, 0.15) is 0 Å². The topological polar surface area (TPSA) is 55.6 Å². The Morgan fingerprint density at radius 2 is 2.26 bits per heavy atom. The number of hydrogen-bond donors (Lipinski definition) is 1. The number of anilines is 1. The number of carbonyl (C=O) groups is 1. The predicted octanol–water partition coefficient (Wildman–Crippen LogP) is 2.43. The normalized spacial score (nSPS) is 20.2. The zero-order chi connectivity index (χ0) is 13.8. The van der Waals surface area contributed by atoms with Crippen molar-refractivity contribution in [2.75, 3.05) is 19.4 Å². The van der Waals surface area contributed by atoms with Gasteiger partial charge in [-0.1, -0.05) is 12.5 Å². The summed E-state index contributed by atoms with van der Waals surface area (Å²) in [6.45, 7) is 4.24. The molecule has 1 aliphatic heterocycles. The predicted molar refractivity (Wildman–Crippen MR) is 75.9 cm³/mol. The number of methoxy groups -OCH3 is 1. The molecule has 4 nitrogen and oxygen atoms in total. The van der Waals surface area contributed by atoms with Gasteiger partial charge in [0.05, 0.1) is 12.7 Å². The molecule has 0 bridgehead atoms. The van der Waals surface area contributed by atoms with E-state index in [2.05, 4.69) is 11.8 Å². The Balaban J connectivity index is 2.10. The van der Waals surface area contributed by atoms with E-state index in [9.17, 15) is 4.79 Å². The lowest BCUT2D eigenvalue weighted by molar-refractivity contribution is 0.0600. The molecule has 0 spiro atoms. The molecular weight excluding hydrogens is 240 g/mol. The highest BCUT2D eigenvalue weighted by Gasteiger charge is 2.19. The summed E-state index contributed by atoms with van der Waals surface area (Å²) >= 11 is 0. The van der Waals surface area contributed by atoms with E-state index in [0.717, 1.165) is 18.7 Å². The smallest absolute Gasteiger partial charge is 0.337 e. The highest BCUT2D eigenvalue weighted by molar-refractivity contribution is 5.90. The van der Waals surface area contributed by atoms with Crippen LogP contribution in [-0.4, -0.2) is 30.6 Å². The summed E-state index contributed by atoms with van der Waals surface area (Å²) in [6.07, 6.45) is 3.82. The molecule has 1 aromatic rings. The second-order valence-corrected chi connectivity index (χ2v) is 5.22. The summed E-state index contributed by atoms with van der Waals surface area (Å²) in [7, 11) is 1.38. The van der Waals surface area contributed by atoms with Gasteiger partial charge in [-0.25, -0.2) is 4.79 Å². The molecule has 4 heteroatoms. The quantitative estimate of drug-likeness (QED) is 0.671. The first-order valence-corrected chi connectivity index (χ1v) is 6.82. The number of nitrogens with zero attached hydrogens (tertiary/aromatic N) is 1. The van der Waals surface area contributed by atoms with Crippen LogP contribution in [-0.2, 0) is 11.3 Å². The summed E-state index contributed by atoms with van der Waals surface area (Å²) in [5.41, 5.74) is 8.30. The van der Waals surface area contributed by atoms with Crippen LogP contribution in [0.4, 0.5) is 5.69 Å². The summed E-state index contributed by atoms with van der Waals surface area (Å²) < 4.78 is 4.69. The first-order chi connectivity index (χ1) is 9.11. The lowest BCUT2D eigenvalue weighted by atomic mass is 10.0. The number of likely N-dealkylation sites (tertiary alicyclic amines) is 1. The van der Waals surface area contributed by atoms with Crippen LogP contribution in [0.2, 0.25) is 0 Å². The second kappa shape index (κ2) is 6.06. The van der Waals surface area contributed by atoms with Crippen LogP contribution in [0.3, 0.4) is 0 Å². The number of ether oxygens (including phenoxy) is 1. The Labute approximate surface area is 114 Å². The van der Waals surface area contributed by atoms with Crippen molar-refractivity contribution in [3.8, 4) is 0 Å². The third-order valence-corrected chi connectivity index (χ3v) is 3.88. The number of hydrogen-bond acceptors (Lipinski definition) is 4. The number of benzene rings is 1. The maximum absolute atomic E-state index is 11.4. The summed E-state index contributed by atoms with van der Waals surface area (Å²) in [4.78, 5) is 13.9. The van der Waals surface area contributed by atoms with Crippen LogP contribution in [0.25, 0.3) is 0 Å². The summed E-state index contributed by atoms with van der Waals surface area (Å²) in [5.74, 6) is -0.343. The molecule has 1 atom stereocenters. The highest BCUT2D eigenvalue weighted by Crippen LogP contribution is 2.22. The largest absolute Gasteiger partial charge is 0.465 e. The molecule has 0 radical (unpaired) electrons. The molecule has 2 N–H and O–H groups in total. The van der Waals surface area contributed by atoms with E-state index in [1.165, 1.54) is 26.4 Å². The minimum Gasteiger partial charge on any atom is -0.465 e. The molecule has 1 unspecified atom stereocenters. The molecule has 1 saturated heterocycles. The average molecular weight is 262 g/mol. The van der Waals surface area contributed by atoms with Crippen molar-refractivity contribution in [3.05, 3.63) is 29.3 Å². The number of nitrogen functional groups attached to an aromatic ring is 1. The first kappa shape index (κ1) is 13.9. The Morgan fingerprint density at radius 3 is 2.89 bits per heavy atom. The molecule has 0 amide bonds. The van der Waals surface area contributed by atoms with Crippen LogP contribution < -0.4 is 5.73 Å². The molecule has 0 aliphatic carbocycles. The lowest BCUT2D eigenvalue weighted by Gasteiger charge is -2.33. The number of carbonyl (C=O) groups excluding carboxylic acids is 1. The molecule has 1 aromatic carbocycles. The molecule has 2 rings (SSSR count). The summed E-state index contributed by atoms with van der Waals surface area (Å²) in [5, 5.41) is 0. The Bertz CT molecular complexity index is 459. The molecule has 1 aliphatic rings. The number of nitrogens with two attached hydrogens (primary N) is 1. The van der Waals surface area contributed by atoms with Crippen molar-refractivity contribution < 1.29 is 9.53 Å². The monoisotopic (exact) mass is 262 g/mol. The van der Waals surface area contributed by atoms with E-state index in [4.69, 9.17) is 10.5 Å². The van der Waals surface area contributed by atoms with Gasteiger partial charge in [-0.2, -0.15) is 0 Å². The van der Waals surface area contributed by atoms with Crippen molar-refractivity contribution in [1.29, 1.82) is 0 Å². The van der Waals surface area contributed by atoms with E-state index in [-0.39, 0.29) is 5.97 Å². The molecule has 1 fully saturated rings. The maximum atomic E-state index is 11.4. The maximum Gasteiger partial charge on any atom is 0.337 e. The SMILES string of the molecule is COC(=O)c1ccc(CN2CCCCC2C)c(N)c1. The van der Waals surface area contributed by atoms with Gasteiger partial charge in [-0.3, -0.25) is 4.90 Å². The van der Waals surface area contributed by atoms with Crippen LogP contribution >= 0.6 is 0 Å². The van der Waals surface area contributed by atoms with Gasteiger partial charge in [-0.05, 0) is 44.0 Å². The molecule has 104 valence electrons. The molecular formula is C15H22N2O2. The van der Waals surface area contributed by atoms with Gasteiger partial charge in [0.25, 0.3) is 0 Å². The van der Waals surface area contributed by atoms with E-state index in [1.54, 1.807) is 12.1 Å². The third-order valence-electron chi connectivity index (χ3n) is 3.88. The molecule has 0 aromatic heterocycles. The fourth-order valence-corrected chi connectivity index (χ4v) is 2.60. The minimum atomic E-state index is -0.343. The zero-order valence-electron chi connectivity index (χ0n) is 11.7. The van der Waals surface area contributed by atoms with E-state index >= 15 is 0 Å². The van der Waals surface area contributed by atoms with E-state index in [0.29, 0.717) is 17.3 Å². The minimum absolute atomic E-state index is 0.343. The van der Waals surface area contributed by atoms with Crippen molar-refractivity contribution in [1.82, 2.24) is 4.90 Å². The molecule has 1 heterocycles. The second-order valence-electron chi connectivity index (χ2n) is 5.22. The lowest BCUT2D eigenvalue weighted by Crippen LogP contribution is -2.36. The van der Waals surface area contributed by atoms with Gasteiger partial charge in [0.2, 0.25) is 0 Å². The van der Waals surface area contributed by atoms with Crippen LogP contribution in [0.1, 0.15) is 42.1 Å². The first-order valence-electron chi connectivity index (χ1n) is 6.82. The fraction of sp³-hybridized carbons (Fsp3) is 0.533. The van der Waals surface area contributed by atoms with E-state index in [1.807, 2.05) is 6.07 Å². The van der Waals surface area contributed by atoms with E-state index < -0.39 is 0 Å². The zero-order valence-corrected chi connectivity index (χ0v) is 11.7. The average Bonchev–Trinajstić information content (AvgIpc) is 2.42. The standard InChI is InChI=1S/C15H22N2O2/c1-11-5-3-4-8-17(11)10-13-7-6-12(9-14(13)16)15(18)19-2/h6-7,9,11H,3-5,8,10,16H2,1-2H3. The third kappa shape index (κ3) is 3.26. The fourth-order valence-electron chi connectivity index (χ4n) is 2.60. The van der Waals surface area contributed by atoms with Crippen molar-refractivity contribution in [2.45, 2.75) is 38.8 Å². The van der Waals surface area contributed by atoms with Crippen LogP contribution in [0.5, 0.6) is 0 Å². The van der Waals surface area contributed by atoms with Gasteiger partial charge < -0.3 is 10.5 Å². The van der Waals surface area contributed by atoms with Gasteiger partial charge in [0.15, 0.2) is 0 Å². The van der Waals surface area contributed by atoms with Crippen LogP contribution in [0, 0.1) is 0 Å². The number of piperidine rings is 1. The van der Waals surface area contributed by atoms with Gasteiger partial charge in [-0.15, -0.1) is 0 Å². The number of esters is 1. The number of rotatable bonds is 3. The highest BCUT2D eigenvalue weighted by atomic mass is 16.5. The molecule has 19 heavy (non-hydrogen) atoms. The van der Waals surface area contributed by atoms with Crippen molar-refractivity contribution >= 4 is 11.7 Å². The Morgan fingerprint density at radius 1 is 1.47 bits per heavy atom. The molecule has 0 saturated carbocycles. The summed E-state index contributed by atoms with van der Waals surface area (Å²) in [6, 6.07) is 6.03. The van der Waals surface area contributed by atoms with Gasteiger partial charge >= 0.3 is 5.97 Å². The Kier molecular flexibility index (Phi) is 4.43. The van der Waals surface area contributed by atoms with Crippen LogP contribution in [0.15, 0.2) is 18.2 Å². The Hall–Kier alpha value is -1.55. The van der Waals surface area contributed by atoms with Gasteiger partial charge in [0, 0.05) is 18.3 Å². The van der Waals surface area contributed by atoms with Crippen molar-refractivity contribution in [2.24, 2.45) is 0 Å². The van der Waals surface area contributed by atoms with Crippen molar-refractivity contribution in [3.63, 3.8) is 0 Å².